The fraction of sp³-hybridized carbons (Fsp3) is 0.381. The fourth-order valence-electron chi connectivity index (χ4n) is 2.89. The van der Waals surface area contributed by atoms with E-state index in [2.05, 4.69) is 19.1 Å². The van der Waals surface area contributed by atoms with Crippen molar-refractivity contribution in [2.45, 2.75) is 51.4 Å². The summed E-state index contributed by atoms with van der Waals surface area (Å²) in [5.41, 5.74) is 2.28. The summed E-state index contributed by atoms with van der Waals surface area (Å²) in [5, 5.41) is 0. The molecule has 0 N–H and O–H groups in total. The Hall–Kier alpha value is -1.89. The molecule has 0 spiro atoms. The number of carbonyl (C=O) groups excluding carboxylic acids is 1. The van der Waals surface area contributed by atoms with Crippen LogP contribution in [0.2, 0.25) is 0 Å². The maximum absolute atomic E-state index is 12.8. The Morgan fingerprint density at radius 2 is 1.50 bits per heavy atom. The van der Waals surface area contributed by atoms with Gasteiger partial charge in [-0.15, -0.1) is 0 Å². The third kappa shape index (κ3) is 5.14. The first-order valence-electron chi connectivity index (χ1n) is 8.43. The van der Waals surface area contributed by atoms with Crippen molar-refractivity contribution in [3.63, 3.8) is 0 Å². The normalized spacial score (nSPS) is 12.0. The van der Waals surface area contributed by atoms with Gasteiger partial charge in [-0.05, 0) is 17.5 Å². The van der Waals surface area contributed by atoms with Crippen molar-refractivity contribution in [2.24, 2.45) is 0 Å². The summed E-state index contributed by atoms with van der Waals surface area (Å²) in [6.45, 7) is 2.22. The van der Waals surface area contributed by atoms with E-state index in [4.69, 9.17) is 0 Å². The molecule has 0 radical (unpaired) electrons. The highest BCUT2D eigenvalue weighted by Gasteiger charge is 2.20. The highest BCUT2D eigenvalue weighted by molar-refractivity contribution is 5.87. The zero-order valence-electron chi connectivity index (χ0n) is 13.5. The lowest BCUT2D eigenvalue weighted by atomic mass is 9.87. The van der Waals surface area contributed by atoms with E-state index in [-0.39, 0.29) is 5.92 Å². The van der Waals surface area contributed by atoms with Crippen LogP contribution in [0.5, 0.6) is 0 Å². The molecule has 0 aliphatic rings. The number of ketones is 1. The van der Waals surface area contributed by atoms with E-state index >= 15 is 0 Å². The molecule has 0 aliphatic heterocycles. The maximum Gasteiger partial charge on any atom is 0.144 e. The van der Waals surface area contributed by atoms with Gasteiger partial charge in [0, 0.05) is 12.3 Å². The zero-order valence-corrected chi connectivity index (χ0v) is 13.5. The largest absolute Gasteiger partial charge is 0.299 e. The summed E-state index contributed by atoms with van der Waals surface area (Å²) in [7, 11) is 0. The molecule has 0 amide bonds. The van der Waals surface area contributed by atoms with Crippen molar-refractivity contribution in [3.05, 3.63) is 71.8 Å². The Labute approximate surface area is 134 Å². The Kier molecular flexibility index (Phi) is 6.89. The summed E-state index contributed by atoms with van der Waals surface area (Å²) in [4.78, 5) is 12.8. The first kappa shape index (κ1) is 16.5. The monoisotopic (exact) mass is 294 g/mol. The summed E-state index contributed by atoms with van der Waals surface area (Å²) < 4.78 is 0. The minimum Gasteiger partial charge on any atom is -0.299 e. The quantitative estimate of drug-likeness (QED) is 0.554. The van der Waals surface area contributed by atoms with Crippen molar-refractivity contribution in [2.75, 3.05) is 0 Å². The van der Waals surface area contributed by atoms with Crippen molar-refractivity contribution in [1.29, 1.82) is 0 Å². The Morgan fingerprint density at radius 3 is 2.14 bits per heavy atom. The lowest BCUT2D eigenvalue weighted by Gasteiger charge is -2.16. The number of unbranched alkanes of at least 4 members (excludes halogenated alkanes) is 3. The number of hydrogen-bond acceptors (Lipinski definition) is 1. The van der Waals surface area contributed by atoms with Gasteiger partial charge in [0.05, 0.1) is 0 Å². The van der Waals surface area contributed by atoms with Crippen LogP contribution in [0, 0.1) is 0 Å². The van der Waals surface area contributed by atoms with Crippen LogP contribution in [-0.2, 0) is 11.2 Å². The molecule has 2 aromatic carbocycles. The number of carbonyl (C=O) groups is 1. The maximum atomic E-state index is 12.8. The molecule has 0 heterocycles. The smallest absolute Gasteiger partial charge is 0.144 e. The van der Waals surface area contributed by atoms with E-state index in [0.29, 0.717) is 12.2 Å². The van der Waals surface area contributed by atoms with E-state index in [1.54, 1.807) is 0 Å². The number of Topliss-reactive ketones (excluding diaryl/α,β-unsaturated/α-hetero) is 1. The molecular formula is C21H26O. The van der Waals surface area contributed by atoms with Crippen LogP contribution in [0.15, 0.2) is 60.7 Å². The Balaban J connectivity index is 2.04. The van der Waals surface area contributed by atoms with Gasteiger partial charge in [0.1, 0.15) is 5.78 Å². The van der Waals surface area contributed by atoms with Crippen LogP contribution >= 0.6 is 0 Å². The second kappa shape index (κ2) is 9.19. The molecule has 0 aliphatic carbocycles. The minimum atomic E-state index is 0.0401. The van der Waals surface area contributed by atoms with Crippen molar-refractivity contribution in [1.82, 2.24) is 0 Å². The predicted octanol–water partition coefficient (Wildman–Crippen LogP) is 5.55. The number of hydrogen-bond donors (Lipinski definition) is 0. The molecule has 0 bridgehead atoms. The first-order valence-corrected chi connectivity index (χ1v) is 8.43. The highest BCUT2D eigenvalue weighted by atomic mass is 16.1. The van der Waals surface area contributed by atoms with Gasteiger partial charge in [-0.1, -0.05) is 93.3 Å². The minimum absolute atomic E-state index is 0.0401. The molecule has 1 nitrogen and oxygen atoms in total. The van der Waals surface area contributed by atoms with E-state index < -0.39 is 0 Å². The Bertz CT molecular complexity index is 545. The van der Waals surface area contributed by atoms with Gasteiger partial charge in [-0.2, -0.15) is 0 Å². The van der Waals surface area contributed by atoms with Crippen LogP contribution in [0.3, 0.4) is 0 Å². The van der Waals surface area contributed by atoms with Gasteiger partial charge in [0.15, 0.2) is 0 Å². The van der Waals surface area contributed by atoms with Gasteiger partial charge < -0.3 is 0 Å². The van der Waals surface area contributed by atoms with Crippen LogP contribution < -0.4 is 0 Å². The van der Waals surface area contributed by atoms with Crippen LogP contribution in [-0.4, -0.2) is 5.78 Å². The van der Waals surface area contributed by atoms with Crippen LogP contribution in [0.1, 0.15) is 56.1 Å². The summed E-state index contributed by atoms with van der Waals surface area (Å²) >= 11 is 0. The second-order valence-electron chi connectivity index (χ2n) is 5.94. The van der Waals surface area contributed by atoms with Gasteiger partial charge in [0.25, 0.3) is 0 Å². The lowest BCUT2D eigenvalue weighted by Crippen LogP contribution is -2.15. The Morgan fingerprint density at radius 1 is 0.864 bits per heavy atom. The van der Waals surface area contributed by atoms with Crippen LogP contribution in [0.4, 0.5) is 0 Å². The third-order valence-electron chi connectivity index (χ3n) is 4.16. The van der Waals surface area contributed by atoms with Gasteiger partial charge in [-0.25, -0.2) is 0 Å². The molecule has 1 atom stereocenters. The molecule has 22 heavy (non-hydrogen) atoms. The summed E-state index contributed by atoms with van der Waals surface area (Å²) in [5.74, 6) is 0.382. The third-order valence-corrected chi connectivity index (χ3v) is 4.16. The van der Waals surface area contributed by atoms with Gasteiger partial charge >= 0.3 is 0 Å². The van der Waals surface area contributed by atoms with Gasteiger partial charge in [0.2, 0.25) is 0 Å². The topological polar surface area (TPSA) is 17.1 Å². The van der Waals surface area contributed by atoms with E-state index in [1.165, 1.54) is 24.8 Å². The molecule has 1 heteroatoms. The molecule has 116 valence electrons. The molecule has 0 saturated carbocycles. The predicted molar refractivity (Wildman–Crippen MR) is 93.1 cm³/mol. The highest BCUT2D eigenvalue weighted by Crippen LogP contribution is 2.25. The summed E-state index contributed by atoms with van der Waals surface area (Å²) in [6.07, 6.45) is 6.35. The van der Waals surface area contributed by atoms with E-state index in [0.717, 1.165) is 18.4 Å². The molecule has 2 rings (SSSR count). The average Bonchev–Trinajstić information content (AvgIpc) is 2.56. The van der Waals surface area contributed by atoms with Crippen molar-refractivity contribution >= 4 is 5.78 Å². The summed E-state index contributed by atoms with van der Waals surface area (Å²) in [6, 6.07) is 20.3. The standard InChI is InChI=1S/C21H26O/c1-2-3-4-11-16-20(19-14-9-6-10-15-19)21(22)17-18-12-7-5-8-13-18/h5-10,12-15,20H,2-4,11,16-17H2,1H3. The molecular weight excluding hydrogens is 268 g/mol. The van der Waals surface area contributed by atoms with Gasteiger partial charge in [-0.3, -0.25) is 4.79 Å². The molecule has 0 saturated heterocycles. The SMILES string of the molecule is CCCCCCC(C(=O)Cc1ccccc1)c1ccccc1. The first-order chi connectivity index (χ1) is 10.8. The number of rotatable bonds is 9. The molecule has 0 aromatic heterocycles. The number of benzene rings is 2. The fourth-order valence-corrected chi connectivity index (χ4v) is 2.89. The van der Waals surface area contributed by atoms with E-state index in [1.807, 2.05) is 48.5 Å². The average molecular weight is 294 g/mol. The van der Waals surface area contributed by atoms with Crippen LogP contribution in [0.25, 0.3) is 0 Å². The zero-order chi connectivity index (χ0) is 15.6. The second-order valence-corrected chi connectivity index (χ2v) is 5.94. The molecule has 2 aromatic rings. The van der Waals surface area contributed by atoms with Crippen molar-refractivity contribution in [3.8, 4) is 0 Å². The molecule has 0 fully saturated rings. The molecule has 1 unspecified atom stereocenters. The van der Waals surface area contributed by atoms with Crippen molar-refractivity contribution < 1.29 is 4.79 Å². The lowest BCUT2D eigenvalue weighted by molar-refractivity contribution is -0.120. The van der Waals surface area contributed by atoms with E-state index in [9.17, 15) is 4.79 Å².